The Bertz CT molecular complexity index is 618. The Morgan fingerprint density at radius 2 is 2.11 bits per heavy atom. The number of aliphatic hydroxyl groups is 1. The van der Waals surface area contributed by atoms with Crippen molar-refractivity contribution in [3.05, 3.63) is 40.8 Å². The van der Waals surface area contributed by atoms with E-state index in [-0.39, 0.29) is 6.54 Å². The smallest absolute Gasteiger partial charge is 0.336 e. The van der Waals surface area contributed by atoms with Crippen LogP contribution in [0.2, 0.25) is 0 Å². The van der Waals surface area contributed by atoms with Crippen LogP contribution in [0.15, 0.2) is 39.5 Å². The van der Waals surface area contributed by atoms with Crippen molar-refractivity contribution >= 4 is 11.0 Å². The van der Waals surface area contributed by atoms with Gasteiger partial charge in [-0.1, -0.05) is 0 Å². The average Bonchev–Trinajstić information content (AvgIpc) is 2.38. The monoisotopic (exact) mass is 263 g/mol. The van der Waals surface area contributed by atoms with Crippen molar-refractivity contribution in [1.29, 1.82) is 0 Å². The maximum absolute atomic E-state index is 11.1. The lowest BCUT2D eigenvalue weighted by Gasteiger charge is -2.20. The summed E-state index contributed by atoms with van der Waals surface area (Å²) >= 11 is 0. The van der Waals surface area contributed by atoms with Crippen LogP contribution in [0.1, 0.15) is 13.3 Å². The second kappa shape index (κ2) is 5.42. The van der Waals surface area contributed by atoms with Crippen LogP contribution in [-0.4, -0.2) is 23.9 Å². The molecule has 1 aromatic heterocycles. The van der Waals surface area contributed by atoms with Crippen LogP contribution in [0.4, 0.5) is 0 Å². The lowest BCUT2D eigenvalue weighted by Crippen LogP contribution is -2.35. The standard InChI is InChI=1S/C14H17NO4/c1-14(17,9-15)6-7-18-11-4-2-10-3-5-13(16)19-12(10)8-11/h2-5,8,17H,6-7,9,15H2,1H3. The van der Waals surface area contributed by atoms with Crippen LogP contribution in [0.25, 0.3) is 11.0 Å². The Morgan fingerprint density at radius 3 is 2.84 bits per heavy atom. The number of rotatable bonds is 5. The van der Waals surface area contributed by atoms with Gasteiger partial charge in [0.1, 0.15) is 11.3 Å². The van der Waals surface area contributed by atoms with Crippen LogP contribution in [-0.2, 0) is 0 Å². The molecule has 19 heavy (non-hydrogen) atoms. The van der Waals surface area contributed by atoms with E-state index in [1.165, 1.54) is 6.07 Å². The summed E-state index contributed by atoms with van der Waals surface area (Å²) in [4.78, 5) is 11.1. The van der Waals surface area contributed by atoms with Gasteiger partial charge in [-0.3, -0.25) is 0 Å². The summed E-state index contributed by atoms with van der Waals surface area (Å²) < 4.78 is 10.6. The zero-order valence-corrected chi connectivity index (χ0v) is 10.8. The zero-order chi connectivity index (χ0) is 13.9. The highest BCUT2D eigenvalue weighted by Crippen LogP contribution is 2.20. The van der Waals surface area contributed by atoms with E-state index in [0.717, 1.165) is 5.39 Å². The third-order valence-corrected chi connectivity index (χ3v) is 2.94. The zero-order valence-electron chi connectivity index (χ0n) is 10.8. The second-order valence-corrected chi connectivity index (χ2v) is 4.75. The van der Waals surface area contributed by atoms with E-state index in [2.05, 4.69) is 0 Å². The van der Waals surface area contributed by atoms with Crippen molar-refractivity contribution in [1.82, 2.24) is 0 Å². The first-order valence-corrected chi connectivity index (χ1v) is 6.09. The molecule has 0 amide bonds. The molecule has 2 aromatic rings. The van der Waals surface area contributed by atoms with Gasteiger partial charge in [0.05, 0.1) is 12.2 Å². The fourth-order valence-corrected chi connectivity index (χ4v) is 1.62. The first-order valence-electron chi connectivity index (χ1n) is 6.09. The minimum absolute atomic E-state index is 0.183. The molecule has 0 aliphatic rings. The van der Waals surface area contributed by atoms with Gasteiger partial charge in [-0.25, -0.2) is 4.79 Å². The molecular weight excluding hydrogens is 246 g/mol. The highest BCUT2D eigenvalue weighted by Gasteiger charge is 2.17. The number of benzene rings is 1. The molecule has 0 aliphatic carbocycles. The lowest BCUT2D eigenvalue weighted by atomic mass is 10.0. The number of hydrogen-bond acceptors (Lipinski definition) is 5. The van der Waals surface area contributed by atoms with Crippen molar-refractivity contribution in [3.8, 4) is 5.75 Å². The van der Waals surface area contributed by atoms with E-state index in [4.69, 9.17) is 14.9 Å². The molecule has 0 radical (unpaired) electrons. The Hall–Kier alpha value is -1.85. The van der Waals surface area contributed by atoms with Gasteiger partial charge in [-0.2, -0.15) is 0 Å². The van der Waals surface area contributed by atoms with Crippen molar-refractivity contribution in [2.75, 3.05) is 13.2 Å². The molecule has 2 rings (SSSR count). The van der Waals surface area contributed by atoms with Crippen LogP contribution in [0.3, 0.4) is 0 Å². The van der Waals surface area contributed by atoms with Gasteiger partial charge in [0.2, 0.25) is 0 Å². The fraction of sp³-hybridized carbons (Fsp3) is 0.357. The molecule has 3 N–H and O–H groups in total. The van der Waals surface area contributed by atoms with Gasteiger partial charge in [0.15, 0.2) is 0 Å². The van der Waals surface area contributed by atoms with Gasteiger partial charge in [0, 0.05) is 30.5 Å². The van der Waals surface area contributed by atoms with Crippen molar-refractivity contribution < 1.29 is 14.3 Å². The van der Waals surface area contributed by atoms with E-state index in [1.807, 2.05) is 6.07 Å². The van der Waals surface area contributed by atoms with E-state index in [9.17, 15) is 9.90 Å². The van der Waals surface area contributed by atoms with Crippen LogP contribution >= 0.6 is 0 Å². The molecule has 0 spiro atoms. The summed E-state index contributed by atoms with van der Waals surface area (Å²) in [6.45, 7) is 2.19. The maximum atomic E-state index is 11.1. The van der Waals surface area contributed by atoms with Gasteiger partial charge >= 0.3 is 5.63 Å². The van der Waals surface area contributed by atoms with E-state index in [1.54, 1.807) is 25.1 Å². The van der Waals surface area contributed by atoms with Crippen molar-refractivity contribution in [2.24, 2.45) is 5.73 Å². The summed E-state index contributed by atoms with van der Waals surface area (Å²) in [6.07, 6.45) is 0.431. The predicted molar refractivity (Wildman–Crippen MR) is 72.3 cm³/mol. The molecule has 5 heteroatoms. The molecule has 5 nitrogen and oxygen atoms in total. The predicted octanol–water partition coefficient (Wildman–Crippen LogP) is 1.27. The molecule has 0 saturated heterocycles. The maximum Gasteiger partial charge on any atom is 0.336 e. The Morgan fingerprint density at radius 1 is 1.37 bits per heavy atom. The third-order valence-electron chi connectivity index (χ3n) is 2.94. The first kappa shape index (κ1) is 13.6. The van der Waals surface area contributed by atoms with Gasteiger partial charge in [0.25, 0.3) is 0 Å². The molecule has 102 valence electrons. The Balaban J connectivity index is 2.07. The quantitative estimate of drug-likeness (QED) is 0.793. The summed E-state index contributed by atoms with van der Waals surface area (Å²) in [5.74, 6) is 0.592. The number of hydrogen-bond donors (Lipinski definition) is 2. The van der Waals surface area contributed by atoms with Crippen LogP contribution < -0.4 is 16.1 Å². The molecule has 0 bridgehead atoms. The molecule has 0 fully saturated rings. The molecule has 1 unspecified atom stereocenters. The van der Waals surface area contributed by atoms with Crippen LogP contribution in [0.5, 0.6) is 5.75 Å². The number of fused-ring (bicyclic) bond motifs is 1. The molecular formula is C14H17NO4. The van der Waals surface area contributed by atoms with E-state index >= 15 is 0 Å². The fourth-order valence-electron chi connectivity index (χ4n) is 1.62. The highest BCUT2D eigenvalue weighted by atomic mass is 16.5. The highest BCUT2D eigenvalue weighted by molar-refractivity contribution is 5.77. The van der Waals surface area contributed by atoms with E-state index < -0.39 is 11.2 Å². The SMILES string of the molecule is CC(O)(CN)CCOc1ccc2ccc(=O)oc2c1. The summed E-state index contributed by atoms with van der Waals surface area (Å²) in [7, 11) is 0. The first-order chi connectivity index (χ1) is 9.00. The Kier molecular flexibility index (Phi) is 3.87. The molecule has 0 aliphatic heterocycles. The molecule has 0 saturated carbocycles. The lowest BCUT2D eigenvalue weighted by molar-refractivity contribution is 0.0453. The van der Waals surface area contributed by atoms with Crippen LogP contribution in [0, 0.1) is 0 Å². The topological polar surface area (TPSA) is 85.7 Å². The second-order valence-electron chi connectivity index (χ2n) is 4.75. The molecule has 1 aromatic carbocycles. The molecule has 1 heterocycles. The van der Waals surface area contributed by atoms with Gasteiger partial charge in [-0.05, 0) is 25.1 Å². The summed E-state index contributed by atoms with van der Waals surface area (Å²) in [5, 5.41) is 10.6. The minimum atomic E-state index is -0.927. The summed E-state index contributed by atoms with van der Waals surface area (Å²) in [5.41, 5.74) is 4.58. The number of ether oxygens (including phenoxy) is 1. The number of nitrogens with two attached hydrogens (primary N) is 1. The Labute approximate surface area is 110 Å². The van der Waals surface area contributed by atoms with Gasteiger partial charge in [-0.15, -0.1) is 0 Å². The van der Waals surface area contributed by atoms with E-state index in [0.29, 0.717) is 24.4 Å². The average molecular weight is 263 g/mol. The largest absolute Gasteiger partial charge is 0.493 e. The third kappa shape index (κ3) is 3.56. The minimum Gasteiger partial charge on any atom is -0.493 e. The molecule has 1 atom stereocenters. The van der Waals surface area contributed by atoms with Crippen molar-refractivity contribution in [3.63, 3.8) is 0 Å². The summed E-state index contributed by atoms with van der Waals surface area (Å²) in [6, 6.07) is 8.34. The normalized spacial score (nSPS) is 14.3. The van der Waals surface area contributed by atoms with Gasteiger partial charge < -0.3 is 20.0 Å². The van der Waals surface area contributed by atoms with Crippen molar-refractivity contribution in [2.45, 2.75) is 18.9 Å².